The van der Waals surface area contributed by atoms with Crippen LogP contribution in [0.25, 0.3) is 22.5 Å². The number of pyridine rings is 1. The zero-order valence-electron chi connectivity index (χ0n) is 16.3. The van der Waals surface area contributed by atoms with Crippen LogP contribution in [0.1, 0.15) is 10.6 Å². The van der Waals surface area contributed by atoms with Crippen LogP contribution in [0, 0.1) is 0 Å². The summed E-state index contributed by atoms with van der Waals surface area (Å²) in [6.07, 6.45) is 5.51. The smallest absolute Gasteiger partial charge is 0.359 e. The Labute approximate surface area is 172 Å². The lowest BCUT2D eigenvalue weighted by atomic mass is 10.1. The largest absolute Gasteiger partial charge is 0.469 e. The van der Waals surface area contributed by atoms with Crippen LogP contribution in [0.15, 0.2) is 82.5 Å². The molecule has 0 saturated carbocycles. The molecule has 7 heteroatoms. The minimum Gasteiger partial charge on any atom is -0.469 e. The van der Waals surface area contributed by atoms with E-state index in [9.17, 15) is 9.59 Å². The highest BCUT2D eigenvalue weighted by atomic mass is 16.3. The molecule has 4 aromatic rings. The van der Waals surface area contributed by atoms with Gasteiger partial charge in [-0.15, -0.1) is 0 Å². The molecule has 3 aromatic heterocycles. The van der Waals surface area contributed by atoms with Crippen LogP contribution >= 0.6 is 0 Å². The molecule has 0 aliphatic carbocycles. The third-order valence-corrected chi connectivity index (χ3v) is 5.21. The molecule has 4 heterocycles. The number of benzene rings is 1. The van der Waals surface area contributed by atoms with Crippen molar-refractivity contribution in [1.29, 1.82) is 0 Å². The van der Waals surface area contributed by atoms with Gasteiger partial charge < -0.3 is 8.98 Å². The average molecular weight is 399 g/mol. The summed E-state index contributed by atoms with van der Waals surface area (Å²) in [4.78, 5) is 29.9. The first kappa shape index (κ1) is 18.1. The summed E-state index contributed by atoms with van der Waals surface area (Å²) in [5, 5.41) is 3.31. The van der Waals surface area contributed by atoms with Gasteiger partial charge in [-0.05, 0) is 18.2 Å². The van der Waals surface area contributed by atoms with Crippen molar-refractivity contribution in [1.82, 2.24) is 9.55 Å². The van der Waals surface area contributed by atoms with Crippen LogP contribution in [0.2, 0.25) is 0 Å². The summed E-state index contributed by atoms with van der Waals surface area (Å²) in [7, 11) is 1.69. The number of hydrogen-bond acceptors (Lipinski definition) is 5. The van der Waals surface area contributed by atoms with Gasteiger partial charge in [0.05, 0.1) is 12.7 Å². The van der Waals surface area contributed by atoms with Crippen LogP contribution in [0.5, 0.6) is 0 Å². The lowest BCUT2D eigenvalue weighted by Crippen LogP contribution is -2.43. The first-order valence-corrected chi connectivity index (χ1v) is 9.62. The Morgan fingerprint density at radius 2 is 1.90 bits per heavy atom. The molecule has 1 unspecified atom stereocenters. The Kier molecular flexibility index (Phi) is 4.28. The second kappa shape index (κ2) is 7.11. The molecule has 5 rings (SSSR count). The summed E-state index contributed by atoms with van der Waals surface area (Å²) in [6.45, 7) is 0. The number of fused-ring (bicyclic) bond motifs is 1. The summed E-state index contributed by atoms with van der Waals surface area (Å²) in [6, 6.07) is 16.1. The maximum Gasteiger partial charge on any atom is 0.359 e. The van der Waals surface area contributed by atoms with E-state index in [1.54, 1.807) is 42.4 Å². The third-order valence-electron chi connectivity index (χ3n) is 5.21. The molecule has 0 spiro atoms. The van der Waals surface area contributed by atoms with E-state index in [0.29, 0.717) is 23.6 Å². The molecule has 0 saturated heterocycles. The summed E-state index contributed by atoms with van der Waals surface area (Å²) < 4.78 is 8.54. The summed E-state index contributed by atoms with van der Waals surface area (Å²) in [5.74, 6) is 1.26. The Balaban J connectivity index is 1.66. The van der Waals surface area contributed by atoms with Crippen LogP contribution < -0.4 is 15.4 Å². The zero-order chi connectivity index (χ0) is 20.7. The molecule has 1 aliphatic heterocycles. The Morgan fingerprint density at radius 3 is 2.63 bits per heavy atom. The van der Waals surface area contributed by atoms with Crippen molar-refractivity contribution in [3.05, 3.63) is 89.4 Å². The molecule has 0 radical (unpaired) electrons. The molecule has 1 atom stereocenters. The predicted octanol–water partition coefficient (Wildman–Crippen LogP) is 2.67. The minimum absolute atomic E-state index is 0.0768. The van der Waals surface area contributed by atoms with Crippen LogP contribution in [0.4, 0.5) is 5.82 Å². The van der Waals surface area contributed by atoms with Gasteiger partial charge >= 0.3 is 11.7 Å². The van der Waals surface area contributed by atoms with E-state index in [0.717, 1.165) is 16.9 Å². The molecular formula is C23H19N4O3+. The quantitative estimate of drug-likeness (QED) is 0.534. The van der Waals surface area contributed by atoms with Crippen molar-refractivity contribution in [3.8, 4) is 22.5 Å². The predicted molar refractivity (Wildman–Crippen MR) is 111 cm³/mol. The number of carbonyl (C=O) groups is 1. The highest BCUT2D eigenvalue weighted by Gasteiger charge is 2.42. The number of carbonyl (C=O) groups excluding carboxylic acids is 1. The second-order valence-electron chi connectivity index (χ2n) is 7.24. The Morgan fingerprint density at radius 1 is 1.07 bits per heavy atom. The van der Waals surface area contributed by atoms with E-state index in [4.69, 9.17) is 9.40 Å². The number of anilines is 1. The number of aryl methyl sites for hydroxylation is 1. The molecule has 1 aromatic carbocycles. The fourth-order valence-electron chi connectivity index (χ4n) is 3.66. The second-order valence-corrected chi connectivity index (χ2v) is 7.24. The van der Waals surface area contributed by atoms with Gasteiger partial charge in [-0.25, -0.2) is 9.78 Å². The highest BCUT2D eigenvalue weighted by molar-refractivity contribution is 5.86. The van der Waals surface area contributed by atoms with Gasteiger partial charge in [0.25, 0.3) is 0 Å². The standard InChI is InChI=1S/C23H18N4O3/c1-26-13-16(9-10-20(26)28)21-22-25-18(12-17-8-5-11-30-17)23(29)27(22)14-19(24-21)15-6-3-2-4-7-15/h2-11,13-14,18H,12H2,1H3/p+1. The molecule has 7 nitrogen and oxygen atoms in total. The number of nitrogens with one attached hydrogen (secondary N) is 1. The van der Waals surface area contributed by atoms with Gasteiger partial charge in [0.1, 0.15) is 17.7 Å². The maximum absolute atomic E-state index is 13.2. The SMILES string of the molecule is Cn1cc(-c2nc(-c3ccccc3)c[n+]3c2NC(Cc2ccco2)C3=O)ccc1=O. The number of aromatic nitrogens is 3. The van der Waals surface area contributed by atoms with E-state index >= 15 is 0 Å². The molecule has 1 N–H and O–H groups in total. The molecule has 0 amide bonds. The van der Waals surface area contributed by atoms with Crippen molar-refractivity contribution >= 4 is 11.7 Å². The fraction of sp³-hybridized carbons (Fsp3) is 0.130. The van der Waals surface area contributed by atoms with Gasteiger partial charge in [-0.3, -0.25) is 10.1 Å². The van der Waals surface area contributed by atoms with E-state index in [-0.39, 0.29) is 11.5 Å². The average Bonchev–Trinajstić information content (AvgIpc) is 3.39. The van der Waals surface area contributed by atoms with Gasteiger partial charge in [-0.2, -0.15) is 4.57 Å². The van der Waals surface area contributed by atoms with E-state index < -0.39 is 6.04 Å². The third kappa shape index (κ3) is 3.10. The molecule has 148 valence electrons. The topological polar surface area (TPSA) is 81.0 Å². The van der Waals surface area contributed by atoms with Gasteiger partial charge in [-0.1, -0.05) is 30.3 Å². The molecule has 0 fully saturated rings. The van der Waals surface area contributed by atoms with Gasteiger partial charge in [0, 0.05) is 30.4 Å². The van der Waals surface area contributed by atoms with Crippen molar-refractivity contribution in [2.24, 2.45) is 7.05 Å². The number of furan rings is 1. The molecule has 30 heavy (non-hydrogen) atoms. The molecule has 0 bridgehead atoms. The van der Waals surface area contributed by atoms with Crippen molar-refractivity contribution in [2.45, 2.75) is 12.5 Å². The van der Waals surface area contributed by atoms with Crippen molar-refractivity contribution in [3.63, 3.8) is 0 Å². The number of nitrogens with zero attached hydrogens (tertiary/aromatic N) is 3. The van der Waals surface area contributed by atoms with Crippen molar-refractivity contribution in [2.75, 3.05) is 5.32 Å². The maximum atomic E-state index is 13.2. The number of hydrogen-bond donors (Lipinski definition) is 1. The number of rotatable bonds is 4. The Hall–Kier alpha value is -4.00. The van der Waals surface area contributed by atoms with Crippen LogP contribution in [0.3, 0.4) is 0 Å². The van der Waals surface area contributed by atoms with Crippen LogP contribution in [-0.4, -0.2) is 21.5 Å². The zero-order valence-corrected chi connectivity index (χ0v) is 16.3. The van der Waals surface area contributed by atoms with Gasteiger partial charge in [0.2, 0.25) is 11.6 Å². The van der Waals surface area contributed by atoms with E-state index in [1.807, 2.05) is 36.4 Å². The normalized spacial score (nSPS) is 15.1. The van der Waals surface area contributed by atoms with Crippen LogP contribution in [-0.2, 0) is 13.5 Å². The van der Waals surface area contributed by atoms with Crippen molar-refractivity contribution < 1.29 is 13.8 Å². The fourth-order valence-corrected chi connectivity index (χ4v) is 3.66. The lowest BCUT2D eigenvalue weighted by molar-refractivity contribution is -0.551. The first-order chi connectivity index (χ1) is 14.6. The monoisotopic (exact) mass is 399 g/mol. The molecule has 1 aliphatic rings. The van der Waals surface area contributed by atoms with E-state index in [2.05, 4.69) is 5.32 Å². The minimum atomic E-state index is -0.463. The van der Waals surface area contributed by atoms with E-state index in [1.165, 1.54) is 10.6 Å². The lowest BCUT2D eigenvalue weighted by Gasteiger charge is -2.08. The summed E-state index contributed by atoms with van der Waals surface area (Å²) in [5.41, 5.74) is 2.83. The Bertz CT molecular complexity index is 1290. The summed E-state index contributed by atoms with van der Waals surface area (Å²) >= 11 is 0. The highest BCUT2D eigenvalue weighted by Crippen LogP contribution is 2.29. The molecular weight excluding hydrogens is 380 g/mol. The first-order valence-electron chi connectivity index (χ1n) is 9.62. The van der Waals surface area contributed by atoms with Gasteiger partial charge in [0.15, 0.2) is 5.69 Å².